The Hall–Kier alpha value is -2.80. The lowest BCUT2D eigenvalue weighted by atomic mass is 9.87. The molecule has 2 aromatic carbocycles. The Kier molecular flexibility index (Phi) is 7.38. The van der Waals surface area contributed by atoms with Crippen molar-refractivity contribution in [1.82, 2.24) is 10.6 Å². The minimum Gasteiger partial charge on any atom is -0.493 e. The summed E-state index contributed by atoms with van der Waals surface area (Å²) in [6.07, 6.45) is 0.883. The van der Waals surface area contributed by atoms with Gasteiger partial charge < -0.3 is 25.0 Å². The van der Waals surface area contributed by atoms with Crippen LogP contribution in [0.15, 0.2) is 36.4 Å². The van der Waals surface area contributed by atoms with Crippen molar-refractivity contribution in [1.29, 1.82) is 0 Å². The van der Waals surface area contributed by atoms with E-state index in [2.05, 4.69) is 10.6 Å². The lowest BCUT2D eigenvalue weighted by Crippen LogP contribution is -3.13. The molecule has 3 atom stereocenters. The monoisotopic (exact) mass is 430 g/mol. The Morgan fingerprint density at radius 1 is 1.10 bits per heavy atom. The van der Waals surface area contributed by atoms with Crippen LogP contribution in [0.2, 0.25) is 0 Å². The van der Waals surface area contributed by atoms with E-state index in [1.54, 1.807) is 14.2 Å². The first kappa shape index (κ1) is 22.9. The first-order chi connectivity index (χ1) is 14.8. The molecule has 0 aliphatic carbocycles. The van der Waals surface area contributed by atoms with Crippen LogP contribution in [0.3, 0.4) is 0 Å². The van der Waals surface area contributed by atoms with Crippen LogP contribution >= 0.6 is 0 Å². The number of carbonyl (C=O) groups excluding carboxylic acids is 1. The van der Waals surface area contributed by atoms with Crippen LogP contribution < -0.4 is 25.0 Å². The summed E-state index contributed by atoms with van der Waals surface area (Å²) < 4.78 is 24.4. The average molecular weight is 431 g/mol. The molecule has 6 nitrogen and oxygen atoms in total. The Bertz CT molecular complexity index is 902. The molecule has 2 aromatic rings. The number of urea groups is 1. The maximum atomic E-state index is 13.4. The molecule has 0 saturated heterocycles. The minimum atomic E-state index is -0.239. The molecule has 1 heterocycles. The summed E-state index contributed by atoms with van der Waals surface area (Å²) in [5, 5.41) is 6.01. The van der Waals surface area contributed by atoms with Crippen LogP contribution in [0.4, 0.5) is 9.18 Å². The number of carbonyl (C=O) groups is 1. The number of hydrogen-bond donors (Lipinski definition) is 3. The van der Waals surface area contributed by atoms with Crippen molar-refractivity contribution in [2.45, 2.75) is 51.9 Å². The quantitative estimate of drug-likeness (QED) is 0.633. The highest BCUT2D eigenvalue weighted by atomic mass is 19.1. The molecule has 2 amide bonds. The molecule has 0 radical (unpaired) electrons. The molecule has 1 aliphatic heterocycles. The van der Waals surface area contributed by atoms with Crippen LogP contribution in [0.1, 0.15) is 43.5 Å². The number of amides is 2. The predicted octanol–water partition coefficient (Wildman–Crippen LogP) is 2.62. The number of nitrogens with one attached hydrogen (secondary N) is 3. The van der Waals surface area contributed by atoms with Crippen molar-refractivity contribution in [2.24, 2.45) is 0 Å². The molecule has 31 heavy (non-hydrogen) atoms. The first-order valence-corrected chi connectivity index (χ1v) is 10.7. The van der Waals surface area contributed by atoms with Gasteiger partial charge in [0.05, 0.1) is 26.8 Å². The van der Waals surface area contributed by atoms with Crippen molar-refractivity contribution < 1.29 is 23.6 Å². The van der Waals surface area contributed by atoms with Crippen molar-refractivity contribution in [2.75, 3.05) is 20.8 Å². The van der Waals surface area contributed by atoms with Crippen LogP contribution in [0, 0.1) is 5.82 Å². The maximum absolute atomic E-state index is 13.4. The normalized spacial score (nSPS) is 18.8. The van der Waals surface area contributed by atoms with E-state index in [4.69, 9.17) is 9.47 Å². The van der Waals surface area contributed by atoms with E-state index in [0.29, 0.717) is 11.5 Å². The fourth-order valence-corrected chi connectivity index (χ4v) is 4.39. The molecular weight excluding hydrogens is 397 g/mol. The summed E-state index contributed by atoms with van der Waals surface area (Å²) in [6.45, 7) is 7.52. The molecule has 0 fully saturated rings. The average Bonchev–Trinajstić information content (AvgIpc) is 2.73. The third-order valence-corrected chi connectivity index (χ3v) is 5.76. The van der Waals surface area contributed by atoms with Gasteiger partial charge in [0, 0.05) is 23.6 Å². The number of quaternary nitrogens is 1. The second kappa shape index (κ2) is 10.0. The summed E-state index contributed by atoms with van der Waals surface area (Å²) in [5.74, 6) is 1.14. The highest BCUT2D eigenvalue weighted by Gasteiger charge is 2.37. The number of benzene rings is 2. The topological polar surface area (TPSA) is 64.0 Å². The van der Waals surface area contributed by atoms with Crippen LogP contribution in [-0.4, -0.2) is 38.9 Å². The van der Waals surface area contributed by atoms with Crippen molar-refractivity contribution in [3.8, 4) is 11.5 Å². The van der Waals surface area contributed by atoms with Gasteiger partial charge in [0.2, 0.25) is 0 Å². The van der Waals surface area contributed by atoms with E-state index < -0.39 is 0 Å². The number of hydrogen-bond acceptors (Lipinski definition) is 3. The maximum Gasteiger partial charge on any atom is 0.315 e. The van der Waals surface area contributed by atoms with Gasteiger partial charge in [0.25, 0.3) is 0 Å². The molecule has 1 aliphatic rings. The Labute approximate surface area is 183 Å². The molecule has 0 spiro atoms. The second-order valence-electron chi connectivity index (χ2n) is 8.41. The van der Waals surface area contributed by atoms with Gasteiger partial charge >= 0.3 is 6.03 Å². The summed E-state index contributed by atoms with van der Waals surface area (Å²) >= 11 is 0. The number of fused-ring (bicyclic) bond motifs is 1. The third kappa shape index (κ3) is 5.47. The second-order valence-corrected chi connectivity index (χ2v) is 8.41. The Morgan fingerprint density at radius 3 is 2.35 bits per heavy atom. The molecule has 0 bridgehead atoms. The molecular formula is C24H33FN3O3+. The van der Waals surface area contributed by atoms with Gasteiger partial charge in [0.15, 0.2) is 11.5 Å². The summed E-state index contributed by atoms with van der Waals surface area (Å²) in [5.41, 5.74) is 3.39. The first-order valence-electron chi connectivity index (χ1n) is 10.7. The minimum absolute atomic E-state index is 0.00604. The third-order valence-electron chi connectivity index (χ3n) is 5.76. The van der Waals surface area contributed by atoms with E-state index in [1.807, 2.05) is 45.0 Å². The summed E-state index contributed by atoms with van der Waals surface area (Å²) in [7, 11) is 3.26. The van der Waals surface area contributed by atoms with E-state index in [9.17, 15) is 9.18 Å². The van der Waals surface area contributed by atoms with Crippen LogP contribution in [0.5, 0.6) is 11.5 Å². The number of halogens is 1. The van der Waals surface area contributed by atoms with Gasteiger partial charge in [-0.1, -0.05) is 12.1 Å². The highest BCUT2D eigenvalue weighted by Crippen LogP contribution is 2.35. The van der Waals surface area contributed by atoms with Crippen LogP contribution in [0.25, 0.3) is 0 Å². The van der Waals surface area contributed by atoms with Gasteiger partial charge in [0.1, 0.15) is 18.4 Å². The zero-order valence-corrected chi connectivity index (χ0v) is 18.9. The fourth-order valence-electron chi connectivity index (χ4n) is 4.39. The van der Waals surface area contributed by atoms with Gasteiger partial charge in [-0.15, -0.1) is 0 Å². The zero-order valence-electron chi connectivity index (χ0n) is 18.9. The number of methoxy groups -OCH3 is 2. The van der Waals surface area contributed by atoms with E-state index in [0.717, 1.165) is 30.6 Å². The van der Waals surface area contributed by atoms with E-state index in [-0.39, 0.29) is 30.0 Å². The lowest BCUT2D eigenvalue weighted by Gasteiger charge is -2.38. The van der Waals surface area contributed by atoms with E-state index >= 15 is 0 Å². The number of rotatable bonds is 7. The fraction of sp³-hybridized carbons (Fsp3) is 0.458. The SMILES string of the molecule is COc1cc2c(cc1OC)[C@H]([C@H](C)NC(=O)NC(C)C)[NH+](Cc1ccc(F)cc1)CC2. The smallest absolute Gasteiger partial charge is 0.315 e. The van der Waals surface area contributed by atoms with E-state index in [1.165, 1.54) is 22.6 Å². The van der Waals surface area contributed by atoms with Crippen molar-refractivity contribution in [3.05, 3.63) is 58.9 Å². The molecule has 0 aromatic heterocycles. The summed E-state index contributed by atoms with van der Waals surface area (Å²) in [4.78, 5) is 13.7. The van der Waals surface area contributed by atoms with Crippen molar-refractivity contribution in [3.63, 3.8) is 0 Å². The van der Waals surface area contributed by atoms with Crippen molar-refractivity contribution >= 4 is 6.03 Å². The molecule has 3 rings (SSSR count). The molecule has 7 heteroatoms. The predicted molar refractivity (Wildman–Crippen MR) is 118 cm³/mol. The highest BCUT2D eigenvalue weighted by molar-refractivity contribution is 5.74. The summed E-state index contributed by atoms with van der Waals surface area (Å²) in [6, 6.07) is 10.4. The van der Waals surface area contributed by atoms with Crippen LogP contribution in [-0.2, 0) is 13.0 Å². The molecule has 1 unspecified atom stereocenters. The zero-order chi connectivity index (χ0) is 22.5. The Morgan fingerprint density at radius 2 is 1.74 bits per heavy atom. The number of ether oxygens (including phenoxy) is 2. The standard InChI is InChI=1S/C24H32FN3O3/c1-15(2)26-24(29)27-16(3)23-20-13-22(31-5)21(30-4)12-18(20)10-11-28(23)14-17-6-8-19(25)9-7-17/h6-9,12-13,15-16,23H,10-11,14H2,1-5H3,(H2,26,27,29)/p+1/t16-,23-/m0/s1. The lowest BCUT2D eigenvalue weighted by molar-refractivity contribution is -0.948. The molecule has 0 saturated carbocycles. The van der Waals surface area contributed by atoms with Gasteiger partial charge in [-0.2, -0.15) is 0 Å². The van der Waals surface area contributed by atoms with Gasteiger partial charge in [-0.25, -0.2) is 9.18 Å². The molecule has 3 N–H and O–H groups in total. The van der Waals surface area contributed by atoms with Gasteiger partial charge in [-0.3, -0.25) is 0 Å². The largest absolute Gasteiger partial charge is 0.493 e. The van der Waals surface area contributed by atoms with Gasteiger partial charge in [-0.05, 0) is 50.6 Å². The Balaban J connectivity index is 1.95. The molecule has 168 valence electrons.